The van der Waals surface area contributed by atoms with Crippen molar-refractivity contribution in [3.63, 3.8) is 0 Å². The van der Waals surface area contributed by atoms with Gasteiger partial charge in [-0.2, -0.15) is 0 Å². The lowest BCUT2D eigenvalue weighted by molar-refractivity contribution is -0.118. The Labute approximate surface area is 169 Å². The maximum atomic E-state index is 12.9. The summed E-state index contributed by atoms with van der Waals surface area (Å²) < 4.78 is 1.36. The molecule has 0 aliphatic heterocycles. The van der Waals surface area contributed by atoms with Gasteiger partial charge in [0.25, 0.3) is 5.56 Å². The summed E-state index contributed by atoms with van der Waals surface area (Å²) in [5.41, 5.74) is 5.17. The normalized spacial score (nSPS) is 10.9. The zero-order chi connectivity index (χ0) is 20.5. The number of aromatic amines is 1. The molecule has 7 nitrogen and oxygen atoms in total. The Morgan fingerprint density at radius 1 is 1.21 bits per heavy atom. The van der Waals surface area contributed by atoms with Gasteiger partial charge in [0.15, 0.2) is 5.69 Å². The number of aromatic nitrogens is 2. The molecule has 2 aromatic heterocycles. The first-order valence-corrected chi connectivity index (χ1v) is 10.8. The Balaban J connectivity index is 2.26. The molecule has 0 bridgehead atoms. The van der Waals surface area contributed by atoms with Gasteiger partial charge in [0, 0.05) is 24.4 Å². The highest BCUT2D eigenvalue weighted by Gasteiger charge is 2.23. The van der Waals surface area contributed by atoms with Crippen LogP contribution in [0.2, 0.25) is 0 Å². The molecule has 0 aliphatic carbocycles. The predicted molar refractivity (Wildman–Crippen MR) is 115 cm³/mol. The predicted octanol–water partition coefficient (Wildman–Crippen LogP) is 3.14. The zero-order valence-electron chi connectivity index (χ0n) is 16.7. The van der Waals surface area contributed by atoms with E-state index in [-0.39, 0.29) is 17.4 Å². The van der Waals surface area contributed by atoms with Crippen molar-refractivity contribution in [2.24, 2.45) is 0 Å². The van der Waals surface area contributed by atoms with Crippen LogP contribution in [0.3, 0.4) is 0 Å². The van der Waals surface area contributed by atoms with Crippen LogP contribution in [0.4, 0.5) is 11.5 Å². The van der Waals surface area contributed by atoms with Crippen molar-refractivity contribution >= 4 is 28.7 Å². The van der Waals surface area contributed by atoms with Gasteiger partial charge in [-0.3, -0.25) is 19.1 Å². The molecule has 0 unspecified atom stereocenters. The van der Waals surface area contributed by atoms with E-state index in [0.717, 1.165) is 32.1 Å². The lowest BCUT2D eigenvalue weighted by Gasteiger charge is -2.24. The monoisotopic (exact) mass is 406 g/mol. The minimum Gasteiger partial charge on any atom is -0.383 e. The zero-order valence-corrected chi connectivity index (χ0v) is 17.5. The highest BCUT2D eigenvalue weighted by atomic mass is 32.1. The van der Waals surface area contributed by atoms with Crippen LogP contribution in [0.15, 0.2) is 27.1 Å². The standard InChI is InChI=1S/C20H30N4O3S/c1-3-5-12-23(16(25)11-7-9-15-10-8-14-28-15)17-18(21)24(13-6-4-2)20(27)22-19(17)26/h8,10,14H,3-7,9,11-13,21H2,1-2H3,(H,22,26,27). The average molecular weight is 407 g/mol. The van der Waals surface area contributed by atoms with E-state index >= 15 is 0 Å². The van der Waals surface area contributed by atoms with Gasteiger partial charge in [0.2, 0.25) is 5.91 Å². The number of nitrogens with zero attached hydrogens (tertiary/aromatic N) is 2. The lowest BCUT2D eigenvalue weighted by Crippen LogP contribution is -2.41. The van der Waals surface area contributed by atoms with Crippen molar-refractivity contribution in [2.75, 3.05) is 17.2 Å². The minimum absolute atomic E-state index is 0.0740. The van der Waals surface area contributed by atoms with E-state index in [1.54, 1.807) is 11.3 Å². The van der Waals surface area contributed by atoms with Gasteiger partial charge < -0.3 is 10.6 Å². The number of unbranched alkanes of at least 4 members (excludes halogenated alkanes) is 2. The van der Waals surface area contributed by atoms with E-state index in [0.29, 0.717) is 25.9 Å². The van der Waals surface area contributed by atoms with Gasteiger partial charge in [-0.05, 0) is 37.1 Å². The van der Waals surface area contributed by atoms with E-state index in [9.17, 15) is 14.4 Å². The molecular weight excluding hydrogens is 376 g/mol. The average Bonchev–Trinajstić information content (AvgIpc) is 3.17. The third-order valence-corrected chi connectivity index (χ3v) is 5.59. The van der Waals surface area contributed by atoms with Crippen molar-refractivity contribution in [2.45, 2.75) is 65.3 Å². The quantitative estimate of drug-likeness (QED) is 0.598. The molecule has 0 atom stereocenters. The van der Waals surface area contributed by atoms with E-state index in [1.807, 2.05) is 25.3 Å². The van der Waals surface area contributed by atoms with E-state index in [1.165, 1.54) is 14.3 Å². The number of hydrogen-bond donors (Lipinski definition) is 2. The van der Waals surface area contributed by atoms with Gasteiger partial charge in [0.1, 0.15) is 5.82 Å². The molecule has 2 heterocycles. The first-order valence-electron chi connectivity index (χ1n) is 9.94. The summed E-state index contributed by atoms with van der Waals surface area (Å²) in [6.07, 6.45) is 5.15. The van der Waals surface area contributed by atoms with Crippen LogP contribution in [-0.2, 0) is 17.8 Å². The van der Waals surface area contributed by atoms with Crippen LogP contribution < -0.4 is 21.9 Å². The van der Waals surface area contributed by atoms with Crippen LogP contribution in [0.25, 0.3) is 0 Å². The largest absolute Gasteiger partial charge is 0.383 e. The fourth-order valence-electron chi connectivity index (χ4n) is 3.06. The molecule has 0 fully saturated rings. The summed E-state index contributed by atoms with van der Waals surface area (Å²) >= 11 is 1.67. The highest BCUT2D eigenvalue weighted by molar-refractivity contribution is 7.09. The van der Waals surface area contributed by atoms with E-state index in [2.05, 4.69) is 11.1 Å². The molecule has 0 aliphatic rings. The highest BCUT2D eigenvalue weighted by Crippen LogP contribution is 2.20. The molecule has 2 aromatic rings. The number of amides is 1. The first-order chi connectivity index (χ1) is 13.5. The molecule has 2 rings (SSSR count). The number of rotatable bonds is 11. The summed E-state index contributed by atoms with van der Waals surface area (Å²) in [4.78, 5) is 42.6. The fraction of sp³-hybridized carbons (Fsp3) is 0.550. The fourth-order valence-corrected chi connectivity index (χ4v) is 3.81. The van der Waals surface area contributed by atoms with Gasteiger partial charge >= 0.3 is 5.69 Å². The lowest BCUT2D eigenvalue weighted by atomic mass is 10.2. The van der Waals surface area contributed by atoms with Crippen LogP contribution in [0, 0.1) is 0 Å². The second kappa shape index (κ2) is 10.8. The van der Waals surface area contributed by atoms with Crippen molar-refractivity contribution in [1.29, 1.82) is 0 Å². The third-order valence-electron chi connectivity index (χ3n) is 4.65. The molecule has 3 N–H and O–H groups in total. The summed E-state index contributed by atoms with van der Waals surface area (Å²) in [7, 11) is 0. The van der Waals surface area contributed by atoms with E-state index < -0.39 is 11.2 Å². The van der Waals surface area contributed by atoms with Crippen molar-refractivity contribution in [3.05, 3.63) is 43.2 Å². The molecule has 154 valence electrons. The second-order valence-electron chi connectivity index (χ2n) is 6.83. The maximum absolute atomic E-state index is 12.9. The van der Waals surface area contributed by atoms with E-state index in [4.69, 9.17) is 5.73 Å². The molecule has 0 radical (unpaired) electrons. The van der Waals surface area contributed by atoms with Crippen LogP contribution >= 0.6 is 11.3 Å². The smallest absolute Gasteiger partial charge is 0.330 e. The first kappa shape index (κ1) is 21.9. The molecule has 28 heavy (non-hydrogen) atoms. The molecule has 0 saturated carbocycles. The van der Waals surface area contributed by atoms with Gasteiger partial charge in [-0.1, -0.05) is 32.8 Å². The number of carbonyl (C=O) groups excluding carboxylic acids is 1. The van der Waals surface area contributed by atoms with Crippen LogP contribution in [0.1, 0.15) is 57.2 Å². The summed E-state index contributed by atoms with van der Waals surface area (Å²) in [5.74, 6) is -0.0622. The number of hydrogen-bond acceptors (Lipinski definition) is 5. The molecular formula is C20H30N4O3S. The number of aryl methyl sites for hydroxylation is 1. The third kappa shape index (κ3) is 5.58. The van der Waals surface area contributed by atoms with Crippen molar-refractivity contribution < 1.29 is 4.79 Å². The number of H-pyrrole nitrogens is 1. The van der Waals surface area contributed by atoms with Crippen LogP contribution in [-0.4, -0.2) is 22.0 Å². The minimum atomic E-state index is -0.599. The molecule has 8 heteroatoms. The van der Waals surface area contributed by atoms with Crippen molar-refractivity contribution in [3.8, 4) is 0 Å². The Morgan fingerprint density at radius 2 is 1.96 bits per heavy atom. The number of nitrogens with two attached hydrogens (primary N) is 1. The number of carbonyl (C=O) groups is 1. The van der Waals surface area contributed by atoms with Gasteiger partial charge in [-0.15, -0.1) is 11.3 Å². The molecule has 1 amide bonds. The summed E-state index contributed by atoms with van der Waals surface area (Å²) in [6, 6.07) is 4.05. The Kier molecular flexibility index (Phi) is 8.50. The van der Waals surface area contributed by atoms with Gasteiger partial charge in [0.05, 0.1) is 0 Å². The molecule has 0 aromatic carbocycles. The Hall–Kier alpha value is -2.35. The Bertz CT molecular complexity index is 871. The maximum Gasteiger partial charge on any atom is 0.330 e. The van der Waals surface area contributed by atoms with Gasteiger partial charge in [-0.25, -0.2) is 4.79 Å². The number of anilines is 2. The molecule has 0 spiro atoms. The SMILES string of the molecule is CCCCN(C(=O)CCCc1cccs1)c1c(N)n(CCCC)c(=O)[nH]c1=O. The summed E-state index contributed by atoms with van der Waals surface area (Å²) in [5, 5.41) is 2.02. The second-order valence-corrected chi connectivity index (χ2v) is 7.86. The van der Waals surface area contributed by atoms with Crippen LogP contribution in [0.5, 0.6) is 0 Å². The number of thiophene rings is 1. The Morgan fingerprint density at radius 3 is 2.61 bits per heavy atom. The van der Waals surface area contributed by atoms with Crippen molar-refractivity contribution in [1.82, 2.24) is 9.55 Å². The topological polar surface area (TPSA) is 101 Å². The number of nitrogen functional groups attached to an aromatic ring is 1. The molecule has 0 saturated heterocycles. The summed E-state index contributed by atoms with van der Waals surface area (Å²) in [6.45, 7) is 4.86. The number of nitrogens with one attached hydrogen (secondary N) is 1.